The Morgan fingerprint density at radius 1 is 1.03 bits per heavy atom. The number of rotatable bonds is 8. The zero-order valence-electron chi connectivity index (χ0n) is 22.6. The highest BCUT2D eigenvalue weighted by atomic mass is 28.4. The number of carbonyl (C=O) groups is 2. The van der Waals surface area contributed by atoms with Gasteiger partial charge in [-0.3, -0.25) is 14.5 Å². The van der Waals surface area contributed by atoms with Gasteiger partial charge in [0.2, 0.25) is 14.3 Å². The van der Waals surface area contributed by atoms with Crippen molar-refractivity contribution in [2.75, 3.05) is 18.1 Å². The Kier molecular flexibility index (Phi) is 7.46. The monoisotopic (exact) mass is 546 g/mol. The molecular formula is C31H35FN2O4Si. The van der Waals surface area contributed by atoms with Gasteiger partial charge in [-0.15, -0.1) is 0 Å². The summed E-state index contributed by atoms with van der Waals surface area (Å²) >= 11 is 0. The number of aliphatic hydroxyl groups excluding tert-OH is 1. The second-order valence-corrected chi connectivity index (χ2v) is 14.8. The summed E-state index contributed by atoms with van der Waals surface area (Å²) in [6.45, 7) is 5.45. The number of halogens is 1. The highest BCUT2D eigenvalue weighted by Gasteiger charge is 2.67. The summed E-state index contributed by atoms with van der Waals surface area (Å²) in [5.41, 5.74) is 1.11. The van der Waals surface area contributed by atoms with E-state index < -0.39 is 31.6 Å². The van der Waals surface area contributed by atoms with Gasteiger partial charge in [0.15, 0.2) is 5.60 Å². The zero-order chi connectivity index (χ0) is 27.8. The Labute approximate surface area is 230 Å². The molecule has 6 nitrogen and oxygen atoms in total. The normalized spacial score (nSPS) is 24.3. The molecule has 0 saturated carbocycles. The molecule has 1 spiro atoms. The molecule has 3 aromatic rings. The van der Waals surface area contributed by atoms with E-state index in [1.54, 1.807) is 22.9 Å². The van der Waals surface area contributed by atoms with Gasteiger partial charge in [-0.05, 0) is 36.9 Å². The molecule has 2 amide bonds. The van der Waals surface area contributed by atoms with E-state index in [1.165, 1.54) is 0 Å². The van der Waals surface area contributed by atoms with Crippen molar-refractivity contribution in [1.82, 2.24) is 4.90 Å². The van der Waals surface area contributed by atoms with E-state index in [0.717, 1.165) is 11.3 Å². The molecule has 8 heteroatoms. The van der Waals surface area contributed by atoms with E-state index in [9.17, 15) is 14.7 Å². The van der Waals surface area contributed by atoms with Crippen LogP contribution in [0.25, 0.3) is 0 Å². The van der Waals surface area contributed by atoms with Gasteiger partial charge >= 0.3 is 0 Å². The van der Waals surface area contributed by atoms with Crippen molar-refractivity contribution in [3.8, 4) is 0 Å². The molecule has 1 fully saturated rings. The van der Waals surface area contributed by atoms with Crippen molar-refractivity contribution in [2.45, 2.75) is 50.2 Å². The Bertz CT molecular complexity index is 1330. The van der Waals surface area contributed by atoms with Gasteiger partial charge in [0.05, 0.1) is 24.8 Å². The Balaban J connectivity index is 1.51. The lowest BCUT2D eigenvalue weighted by Gasteiger charge is -2.31. The van der Waals surface area contributed by atoms with Crippen LogP contribution in [0.15, 0.2) is 84.9 Å². The number of aliphatic hydroxyl groups is 1. The fraction of sp³-hybridized carbons (Fsp3) is 0.355. The minimum atomic E-state index is -3.41. The summed E-state index contributed by atoms with van der Waals surface area (Å²) in [5, 5.41) is 9.67. The number of fused-ring (bicyclic) bond motifs is 2. The number of benzene rings is 3. The Hall–Kier alpha value is -3.33. The summed E-state index contributed by atoms with van der Waals surface area (Å²) < 4.78 is 22.8. The summed E-state index contributed by atoms with van der Waals surface area (Å²) in [6.07, 6.45) is -0.839. The summed E-state index contributed by atoms with van der Waals surface area (Å²) in [6, 6.07) is 26.5. The van der Waals surface area contributed by atoms with Crippen LogP contribution >= 0.6 is 0 Å². The lowest BCUT2D eigenvalue weighted by atomic mass is 9.82. The topological polar surface area (TPSA) is 70.1 Å². The van der Waals surface area contributed by atoms with Gasteiger partial charge in [0, 0.05) is 35.8 Å². The maximum absolute atomic E-state index is 16.1. The van der Waals surface area contributed by atoms with Crippen LogP contribution in [0.3, 0.4) is 0 Å². The quantitative estimate of drug-likeness (QED) is 0.297. The number of hydrogen-bond acceptors (Lipinski definition) is 4. The first-order valence-corrected chi connectivity index (χ1v) is 16.4. The molecule has 2 aliphatic heterocycles. The summed E-state index contributed by atoms with van der Waals surface area (Å²) in [4.78, 5) is 31.2. The maximum atomic E-state index is 16.1. The number of anilines is 2. The lowest BCUT2D eigenvalue weighted by molar-refractivity contribution is -0.149. The van der Waals surface area contributed by atoms with Gasteiger partial charge in [0.25, 0.3) is 5.91 Å². The molecule has 204 valence electrons. The molecule has 4 atom stereocenters. The Morgan fingerprint density at radius 3 is 2.28 bits per heavy atom. The molecule has 39 heavy (non-hydrogen) atoms. The third-order valence-electron chi connectivity index (χ3n) is 8.11. The van der Waals surface area contributed by atoms with Gasteiger partial charge in [-0.2, -0.15) is 0 Å². The van der Waals surface area contributed by atoms with Crippen molar-refractivity contribution in [1.29, 1.82) is 0 Å². The van der Waals surface area contributed by atoms with Crippen LogP contribution in [0.5, 0.6) is 0 Å². The van der Waals surface area contributed by atoms with Crippen molar-refractivity contribution < 1.29 is 23.5 Å². The molecular weight excluding hydrogens is 511 g/mol. The second-order valence-electron chi connectivity index (χ2n) is 11.0. The molecule has 2 aliphatic rings. The van der Waals surface area contributed by atoms with Crippen LogP contribution in [0.4, 0.5) is 15.5 Å². The number of carbonyl (C=O) groups excluding carboxylic acids is 2. The predicted octanol–water partition coefficient (Wildman–Crippen LogP) is 5.55. The van der Waals surface area contributed by atoms with Gasteiger partial charge in [0.1, 0.15) is 0 Å². The summed E-state index contributed by atoms with van der Waals surface area (Å²) in [5.74, 6) is -0.967. The number of nitrogens with zero attached hydrogens (tertiary/aromatic N) is 2. The van der Waals surface area contributed by atoms with E-state index >= 15 is 4.11 Å². The van der Waals surface area contributed by atoms with Crippen LogP contribution in [0.1, 0.15) is 24.5 Å². The van der Waals surface area contributed by atoms with Crippen LogP contribution < -0.4 is 4.90 Å². The van der Waals surface area contributed by atoms with E-state index in [-0.39, 0.29) is 31.4 Å². The van der Waals surface area contributed by atoms with E-state index in [1.807, 2.05) is 91.9 Å². The van der Waals surface area contributed by atoms with Gasteiger partial charge in [-0.25, -0.2) is 0 Å². The molecule has 1 saturated heterocycles. The molecule has 0 bridgehead atoms. The highest BCUT2D eigenvalue weighted by Crippen LogP contribution is 2.61. The molecule has 5 rings (SSSR count). The SMILES string of the molecule is C[C@@H]1[C@@H]([Si](C)(C)F)[C@H](CC(=O)N(CCO)Cc2ccccc2)O[C@@]12C(=O)N(c1ccccc1)c1ccccc12. The average Bonchev–Trinajstić information content (AvgIpc) is 3.35. The van der Waals surface area contributed by atoms with Crippen LogP contribution in [0.2, 0.25) is 18.6 Å². The average molecular weight is 547 g/mol. The van der Waals surface area contributed by atoms with E-state index in [2.05, 4.69) is 0 Å². The van der Waals surface area contributed by atoms with E-state index in [0.29, 0.717) is 17.8 Å². The smallest absolute Gasteiger partial charge is 0.268 e. The molecule has 0 unspecified atom stereocenters. The molecule has 1 N–H and O–H groups in total. The van der Waals surface area contributed by atoms with Gasteiger partial charge < -0.3 is 18.9 Å². The highest BCUT2D eigenvalue weighted by molar-refractivity contribution is 6.72. The lowest BCUT2D eigenvalue weighted by Crippen LogP contribution is -2.44. The van der Waals surface area contributed by atoms with Crippen LogP contribution in [-0.4, -0.2) is 49.5 Å². The molecule has 0 radical (unpaired) electrons. The number of hydrogen-bond donors (Lipinski definition) is 1. The first-order chi connectivity index (χ1) is 18.7. The Morgan fingerprint density at radius 2 is 1.64 bits per heavy atom. The number of para-hydroxylation sites is 2. The summed E-state index contributed by atoms with van der Waals surface area (Å²) in [7, 11) is -3.41. The standard InChI is InChI=1S/C31H35FN2O4Si/c1-22-29(39(2,3)32)27(20-28(36)33(18-19-35)21-23-12-6-4-7-13-23)38-31(22)25-16-10-11-17-26(25)34(30(31)37)24-14-8-5-9-15-24/h4-17,22,27,29,35H,18-21H2,1-3H3/t22-,27+,29-,31+/m1/s1. The fourth-order valence-corrected chi connectivity index (χ4v) is 8.97. The molecule has 0 aliphatic carbocycles. The molecule has 2 heterocycles. The molecule has 3 aromatic carbocycles. The van der Waals surface area contributed by atoms with Crippen molar-refractivity contribution in [3.05, 3.63) is 96.1 Å². The number of amides is 2. The fourth-order valence-electron chi connectivity index (χ4n) is 6.48. The maximum Gasteiger partial charge on any atom is 0.268 e. The third-order valence-corrected chi connectivity index (χ3v) is 10.6. The third kappa shape index (κ3) is 4.81. The zero-order valence-corrected chi connectivity index (χ0v) is 23.6. The van der Waals surface area contributed by atoms with Crippen molar-refractivity contribution >= 4 is 31.6 Å². The minimum absolute atomic E-state index is 0.0648. The minimum Gasteiger partial charge on any atom is -0.395 e. The first-order valence-electron chi connectivity index (χ1n) is 13.5. The largest absolute Gasteiger partial charge is 0.395 e. The van der Waals surface area contributed by atoms with Crippen molar-refractivity contribution in [2.24, 2.45) is 5.92 Å². The molecule has 0 aromatic heterocycles. The van der Waals surface area contributed by atoms with Crippen LogP contribution in [-0.2, 0) is 26.5 Å². The first kappa shape index (κ1) is 27.2. The van der Waals surface area contributed by atoms with Crippen molar-refractivity contribution in [3.63, 3.8) is 0 Å². The van der Waals surface area contributed by atoms with Crippen LogP contribution in [0, 0.1) is 5.92 Å². The number of ether oxygens (including phenoxy) is 1. The predicted molar refractivity (Wildman–Crippen MR) is 152 cm³/mol. The second kappa shape index (κ2) is 10.7. The van der Waals surface area contributed by atoms with Gasteiger partial charge in [-0.1, -0.05) is 73.7 Å². The van der Waals surface area contributed by atoms with E-state index in [4.69, 9.17) is 4.74 Å².